The maximum absolute atomic E-state index is 15.8. The number of benzene rings is 8. The fraction of sp³-hybridized carbons (Fsp3) is 0.149. The molecule has 90 heavy (non-hydrogen) atoms. The van der Waals surface area contributed by atoms with Gasteiger partial charge in [-0.2, -0.15) is 0 Å². The van der Waals surface area contributed by atoms with Gasteiger partial charge in [-0.15, -0.1) is 0 Å². The number of hydrogen-bond acceptors (Lipinski definition) is 14. The third kappa shape index (κ3) is 12.2. The highest BCUT2D eigenvalue weighted by Crippen LogP contribution is 2.44. The molecule has 22 nitrogen and oxygen atoms in total. The molecule has 454 valence electrons. The Kier molecular flexibility index (Phi) is 16.0. The molecule has 9 aromatic rings. The van der Waals surface area contributed by atoms with Crippen LogP contribution in [0.4, 0.5) is 5.69 Å². The van der Waals surface area contributed by atoms with Crippen LogP contribution < -0.4 is 41.4 Å². The summed E-state index contributed by atoms with van der Waals surface area (Å²) in [6, 6.07) is 31.1. The van der Waals surface area contributed by atoms with Crippen molar-refractivity contribution in [3.8, 4) is 57.1 Å². The molecule has 0 saturated carbocycles. The van der Waals surface area contributed by atoms with Gasteiger partial charge in [0.05, 0.1) is 0 Å². The summed E-state index contributed by atoms with van der Waals surface area (Å²) in [4.78, 5) is 109. The Labute approximate surface area is 520 Å². The zero-order valence-electron chi connectivity index (χ0n) is 47.4. The molecule has 1 unspecified atom stereocenters. The van der Waals surface area contributed by atoms with Crippen LogP contribution in [0.1, 0.15) is 69.2 Å². The van der Waals surface area contributed by atoms with Gasteiger partial charge in [-0.05, 0) is 148 Å². The van der Waals surface area contributed by atoms with E-state index in [2.05, 4.69) is 52.8 Å². The molecule has 12 N–H and O–H groups in total. The second-order valence-electron chi connectivity index (χ2n) is 21.9. The largest absolute Gasteiger partial charge is 0.508 e. The number of fused-ring (bicyclic) bond motifs is 14. The molecule has 0 spiro atoms. The van der Waals surface area contributed by atoms with E-state index in [-0.39, 0.29) is 80.9 Å². The zero-order chi connectivity index (χ0) is 63.1. The number of carbonyl (C=O) groups is 7. The number of anilines is 1. The van der Waals surface area contributed by atoms with Gasteiger partial charge in [0.15, 0.2) is 29.0 Å². The number of aromatic hydroxyl groups is 4. The molecule has 15 rings (SSSR count). The molecule has 0 aliphatic carbocycles. The number of nitrogens with one attached hydrogen (secondary N) is 7. The van der Waals surface area contributed by atoms with Crippen LogP contribution in [0.5, 0.6) is 46.0 Å². The fourth-order valence-corrected chi connectivity index (χ4v) is 11.5. The van der Waals surface area contributed by atoms with E-state index in [0.29, 0.717) is 38.8 Å². The summed E-state index contributed by atoms with van der Waals surface area (Å²) in [7, 11) is 1.32. The van der Waals surface area contributed by atoms with Gasteiger partial charge in [0.2, 0.25) is 35.4 Å². The summed E-state index contributed by atoms with van der Waals surface area (Å²) < 4.78 is 13.2. The Balaban J connectivity index is 1.00. The Morgan fingerprint density at radius 3 is 1.88 bits per heavy atom. The third-order valence-corrected chi connectivity index (χ3v) is 16.6. The number of aliphatic carboxylic acids is 1. The van der Waals surface area contributed by atoms with Crippen LogP contribution >= 0.6 is 15.9 Å². The Morgan fingerprint density at radius 1 is 0.600 bits per heavy atom. The van der Waals surface area contributed by atoms with Crippen molar-refractivity contribution in [1.29, 1.82) is 0 Å². The summed E-state index contributed by atoms with van der Waals surface area (Å²) in [5.74, 6) is -7.99. The van der Waals surface area contributed by atoms with E-state index in [9.17, 15) is 39.9 Å². The van der Waals surface area contributed by atoms with E-state index in [0.717, 1.165) is 9.37 Å². The predicted octanol–water partition coefficient (Wildman–Crippen LogP) is 8.41. The lowest BCUT2D eigenvalue weighted by atomic mass is 9.94. The van der Waals surface area contributed by atoms with Crippen LogP contribution in [-0.4, -0.2) is 96.0 Å². The van der Waals surface area contributed by atoms with E-state index in [1.54, 1.807) is 85.1 Å². The van der Waals surface area contributed by atoms with Crippen molar-refractivity contribution < 1.29 is 68.6 Å². The highest BCUT2D eigenvalue weighted by molar-refractivity contribution is 9.10. The van der Waals surface area contributed by atoms with Gasteiger partial charge in [-0.3, -0.25) is 28.8 Å². The van der Waals surface area contributed by atoms with Crippen molar-refractivity contribution in [3.05, 3.63) is 219 Å². The van der Waals surface area contributed by atoms with E-state index < -0.39 is 89.5 Å². The van der Waals surface area contributed by atoms with Crippen molar-refractivity contribution in [2.45, 2.75) is 55.1 Å². The number of ether oxygens (including phenoxy) is 2. The molecule has 15 bridgehead atoms. The Morgan fingerprint density at radius 2 is 1.19 bits per heavy atom. The van der Waals surface area contributed by atoms with Gasteiger partial charge in [0, 0.05) is 52.7 Å². The third-order valence-electron chi connectivity index (χ3n) is 16.1. The van der Waals surface area contributed by atoms with Crippen molar-refractivity contribution in [2.24, 2.45) is 0 Å². The molecule has 8 aromatic carbocycles. The number of halogens is 1. The quantitative estimate of drug-likeness (QED) is 0.0712. The number of nitrogens with zero attached hydrogens (tertiary/aromatic N) is 1. The number of phenolic OH excluding ortho intramolecular Hbond substituents is 4. The van der Waals surface area contributed by atoms with Crippen molar-refractivity contribution in [2.75, 3.05) is 12.4 Å². The average Bonchev–Trinajstić information content (AvgIpc) is 1.43. The van der Waals surface area contributed by atoms with Crippen LogP contribution in [0.2, 0.25) is 0 Å². The van der Waals surface area contributed by atoms with Crippen LogP contribution in [-0.2, 0) is 46.4 Å². The summed E-state index contributed by atoms with van der Waals surface area (Å²) in [6.07, 6.45) is 1.28. The van der Waals surface area contributed by atoms with Gasteiger partial charge < -0.3 is 76.8 Å². The molecular weight excluding hydrogens is 1220 g/mol. The number of likely N-dealkylation sites (N-methyl/N-ethyl adjacent to an activating group) is 1. The van der Waals surface area contributed by atoms with Gasteiger partial charge >= 0.3 is 5.97 Å². The van der Waals surface area contributed by atoms with Gasteiger partial charge in [-0.25, -0.2) is 4.79 Å². The number of aromatic amines is 1. The molecule has 0 fully saturated rings. The van der Waals surface area contributed by atoms with E-state index in [1.165, 1.54) is 98.0 Å². The summed E-state index contributed by atoms with van der Waals surface area (Å²) in [5, 5.41) is 72.3. The molecular formula is C67H55BrN8O14. The van der Waals surface area contributed by atoms with Gasteiger partial charge in [0.1, 0.15) is 59.2 Å². The number of carboxylic acid groups (broad SMARTS) is 1. The Hall–Kier alpha value is -11.3. The molecule has 0 radical (unpaired) electrons. The molecule has 6 aliphatic rings. The Bertz CT molecular complexity index is 4320. The maximum Gasteiger partial charge on any atom is 0.330 e. The normalized spacial score (nSPS) is 19.6. The van der Waals surface area contributed by atoms with E-state index >= 15 is 19.2 Å². The molecule has 7 atom stereocenters. The second kappa shape index (κ2) is 24.4. The number of carboxylic acids is 1. The average molecular weight is 1280 g/mol. The highest BCUT2D eigenvalue weighted by atomic mass is 79.9. The first-order chi connectivity index (χ1) is 43.3. The van der Waals surface area contributed by atoms with E-state index in [1.807, 2.05) is 0 Å². The SMILES string of the molecule is CN1C(=O)[C@@H]2NC(=O)[C@@H]3NC(=O)[C@@H](c4ccc(O)cc4)NC(=O)[C@H](NC(=O)C(Nc4ccc(Br)cc4)c4ccc(O)cc4)Cc4c[nH]c5cc(ccc45)-c4cc3cc(c4O)Oc3ccc(cc3)C[C@H]1C(=O)N[C@@H](C(=O)O)c1ccc(O)c(c1)Oc1ccc2cc1. The lowest BCUT2D eigenvalue weighted by Gasteiger charge is -2.33. The van der Waals surface area contributed by atoms with Crippen molar-refractivity contribution in [3.63, 3.8) is 0 Å². The number of aromatic nitrogens is 1. The number of carbonyl (C=O) groups excluding carboxylic acids is 6. The number of H-pyrrole nitrogens is 1. The van der Waals surface area contributed by atoms with Crippen molar-refractivity contribution in [1.82, 2.24) is 36.5 Å². The van der Waals surface area contributed by atoms with Crippen LogP contribution in [0, 0.1) is 0 Å². The highest BCUT2D eigenvalue weighted by Gasteiger charge is 2.40. The molecule has 6 aliphatic heterocycles. The fourth-order valence-electron chi connectivity index (χ4n) is 11.2. The smallest absolute Gasteiger partial charge is 0.330 e. The second-order valence-corrected chi connectivity index (χ2v) is 22.9. The standard InChI is InChI=1S/C67H55BrN8O14/c1-76-51-26-33-2-20-45(21-3-33)90-54-31-39-27-48(60(54)80)37-10-24-47-40(32-69-49(47)28-37)29-50(71-63(83)55(34-4-16-43(77)17-5-34)70-42-14-12-41(68)13-15-42)61(81)72-56(35-6-18-44(78)19-7-35)64(84)73-57(39)65(85)74-58(66(76)86)36-8-22-46(23-9-36)89-53-30-38(11-25-52(53)79)59(67(87)88)75-62(51)82/h2-25,27-28,30-32,50-51,55-59,69-70,77-80H,26,29H2,1H3,(H,71,83)(H,72,81)(H,73,84)(H,74,85)(H,75,82)(H,87,88)/t50-,51+,55?,56-,57-,58-,59-/m1/s1. The molecule has 1 aromatic heterocycles. The topological polar surface area (TPSA) is 330 Å². The van der Waals surface area contributed by atoms with Crippen LogP contribution in [0.25, 0.3) is 22.0 Å². The number of hydrogen-bond donors (Lipinski definition) is 12. The molecule has 6 amide bonds. The van der Waals surface area contributed by atoms with Crippen LogP contribution in [0.3, 0.4) is 0 Å². The van der Waals surface area contributed by atoms with Crippen molar-refractivity contribution >= 4 is 73.9 Å². The number of rotatable bonds is 7. The molecule has 7 heterocycles. The summed E-state index contributed by atoms with van der Waals surface area (Å²) >= 11 is 3.44. The minimum absolute atomic E-state index is 0.0218. The predicted molar refractivity (Wildman–Crippen MR) is 330 cm³/mol. The lowest BCUT2D eigenvalue weighted by Crippen LogP contribution is -2.55. The van der Waals surface area contributed by atoms with E-state index in [4.69, 9.17) is 9.47 Å². The molecule has 23 heteroatoms. The minimum atomic E-state index is -1.87. The summed E-state index contributed by atoms with van der Waals surface area (Å²) in [5.41, 5.74) is 3.26. The number of phenols is 4. The van der Waals surface area contributed by atoms with Gasteiger partial charge in [-0.1, -0.05) is 82.7 Å². The monoisotopic (exact) mass is 1270 g/mol. The first-order valence-electron chi connectivity index (χ1n) is 28.3. The van der Waals surface area contributed by atoms with Crippen LogP contribution in [0.15, 0.2) is 181 Å². The maximum atomic E-state index is 15.8. The number of amides is 6. The first kappa shape index (κ1) is 59.0. The molecule has 0 saturated heterocycles. The first-order valence-corrected chi connectivity index (χ1v) is 29.1. The minimum Gasteiger partial charge on any atom is -0.508 e. The lowest BCUT2D eigenvalue weighted by molar-refractivity contribution is -0.145. The van der Waals surface area contributed by atoms with Gasteiger partial charge in [0.25, 0.3) is 0 Å². The summed E-state index contributed by atoms with van der Waals surface area (Å²) in [6.45, 7) is 0. The zero-order valence-corrected chi connectivity index (χ0v) is 49.0.